The van der Waals surface area contributed by atoms with E-state index in [1.807, 2.05) is 0 Å². The Kier molecular flexibility index (Phi) is 2.55. The molecule has 0 aliphatic rings. The highest BCUT2D eigenvalue weighted by atomic mass is 14.9. The van der Waals surface area contributed by atoms with Gasteiger partial charge in [0.25, 0.3) is 0 Å². The summed E-state index contributed by atoms with van der Waals surface area (Å²) >= 11 is 0. The van der Waals surface area contributed by atoms with Gasteiger partial charge in [-0.15, -0.1) is 0 Å². The van der Waals surface area contributed by atoms with Gasteiger partial charge in [0.1, 0.15) is 0 Å². The Morgan fingerprint density at radius 1 is 1.25 bits per heavy atom. The van der Waals surface area contributed by atoms with E-state index in [2.05, 4.69) is 56.7 Å². The fraction of sp³-hybridized carbons (Fsp3) is 0.429. The van der Waals surface area contributed by atoms with Crippen molar-refractivity contribution in [2.24, 2.45) is 12.8 Å². The summed E-state index contributed by atoms with van der Waals surface area (Å²) in [5.41, 5.74) is 9.79. The van der Waals surface area contributed by atoms with Crippen LogP contribution in [0.25, 0.3) is 10.9 Å². The average Bonchev–Trinajstić information content (AvgIpc) is 2.40. The van der Waals surface area contributed by atoms with Gasteiger partial charge in [-0.2, -0.15) is 0 Å². The lowest BCUT2D eigenvalue weighted by molar-refractivity contribution is 0.517. The molecule has 1 aromatic carbocycles. The molecule has 86 valence electrons. The van der Waals surface area contributed by atoms with E-state index < -0.39 is 0 Å². The molecule has 1 heterocycles. The molecule has 0 aliphatic heterocycles. The van der Waals surface area contributed by atoms with Gasteiger partial charge in [0.15, 0.2) is 0 Å². The smallest absolute Gasteiger partial charge is 0.0479 e. The zero-order chi connectivity index (χ0) is 11.9. The van der Waals surface area contributed by atoms with Crippen LogP contribution in [0.3, 0.4) is 0 Å². The number of rotatable bonds is 2. The van der Waals surface area contributed by atoms with Gasteiger partial charge in [0.05, 0.1) is 0 Å². The normalized spacial score (nSPS) is 12.3. The fourth-order valence-electron chi connectivity index (χ4n) is 2.17. The Balaban J connectivity index is 2.45. The minimum atomic E-state index is -0.141. The molecule has 0 radical (unpaired) electrons. The van der Waals surface area contributed by atoms with Crippen molar-refractivity contribution >= 4 is 10.9 Å². The second-order valence-electron chi connectivity index (χ2n) is 5.40. The minimum absolute atomic E-state index is 0.141. The Morgan fingerprint density at radius 2 is 1.94 bits per heavy atom. The summed E-state index contributed by atoms with van der Waals surface area (Å²) in [4.78, 5) is 0. The highest BCUT2D eigenvalue weighted by Crippen LogP contribution is 2.21. The first kappa shape index (κ1) is 11.2. The van der Waals surface area contributed by atoms with Crippen molar-refractivity contribution in [1.82, 2.24) is 4.57 Å². The highest BCUT2D eigenvalue weighted by molar-refractivity contribution is 5.82. The number of benzene rings is 1. The van der Waals surface area contributed by atoms with Crippen LogP contribution in [0.15, 0.2) is 24.3 Å². The summed E-state index contributed by atoms with van der Waals surface area (Å²) in [6.07, 6.45) is 0.914. The molecule has 16 heavy (non-hydrogen) atoms. The maximum atomic E-state index is 6.04. The van der Waals surface area contributed by atoms with E-state index >= 15 is 0 Å². The highest BCUT2D eigenvalue weighted by Gasteiger charge is 2.12. The molecule has 2 aromatic rings. The lowest BCUT2D eigenvalue weighted by Gasteiger charge is -2.18. The molecule has 2 nitrogen and oxygen atoms in total. The quantitative estimate of drug-likeness (QED) is 0.822. The predicted octanol–water partition coefficient (Wildman–Crippen LogP) is 2.77. The summed E-state index contributed by atoms with van der Waals surface area (Å²) in [6, 6.07) is 8.83. The first-order valence-electron chi connectivity index (χ1n) is 5.71. The monoisotopic (exact) mass is 216 g/mol. The van der Waals surface area contributed by atoms with E-state index in [1.54, 1.807) is 0 Å². The largest absolute Gasteiger partial charge is 0.348 e. The van der Waals surface area contributed by atoms with Gasteiger partial charge in [-0.05, 0) is 51.0 Å². The van der Waals surface area contributed by atoms with Crippen LogP contribution >= 0.6 is 0 Å². The Morgan fingerprint density at radius 3 is 2.56 bits per heavy atom. The molecule has 2 N–H and O–H groups in total. The summed E-state index contributed by atoms with van der Waals surface area (Å²) in [7, 11) is 2.10. The van der Waals surface area contributed by atoms with Crippen LogP contribution in [0, 0.1) is 6.92 Å². The van der Waals surface area contributed by atoms with Gasteiger partial charge in [0.2, 0.25) is 0 Å². The van der Waals surface area contributed by atoms with Crippen LogP contribution in [-0.4, -0.2) is 10.1 Å². The summed E-state index contributed by atoms with van der Waals surface area (Å²) in [6.45, 7) is 6.26. The van der Waals surface area contributed by atoms with Crippen LogP contribution in [0.4, 0.5) is 0 Å². The SMILES string of the molecule is Cc1cc2cc(CC(C)(C)N)ccc2n1C. The topological polar surface area (TPSA) is 30.9 Å². The number of aryl methyl sites for hydroxylation is 2. The molecule has 0 fully saturated rings. The van der Waals surface area contributed by atoms with Crippen molar-refractivity contribution in [2.45, 2.75) is 32.7 Å². The Bertz CT molecular complexity index is 515. The van der Waals surface area contributed by atoms with E-state index in [0.717, 1.165) is 6.42 Å². The van der Waals surface area contributed by atoms with E-state index in [4.69, 9.17) is 5.73 Å². The standard InChI is InChI=1S/C14H20N2/c1-10-7-12-8-11(9-14(2,3)15)5-6-13(12)16(10)4/h5-8H,9,15H2,1-4H3. The van der Waals surface area contributed by atoms with Gasteiger partial charge in [-0.3, -0.25) is 0 Å². The summed E-state index contributed by atoms with van der Waals surface area (Å²) < 4.78 is 2.21. The Hall–Kier alpha value is -1.28. The minimum Gasteiger partial charge on any atom is -0.348 e. The molecule has 2 heteroatoms. The summed E-state index contributed by atoms with van der Waals surface area (Å²) in [5.74, 6) is 0. The first-order valence-corrected chi connectivity index (χ1v) is 5.71. The fourth-order valence-corrected chi connectivity index (χ4v) is 2.17. The number of nitrogens with zero attached hydrogens (tertiary/aromatic N) is 1. The van der Waals surface area contributed by atoms with Crippen molar-refractivity contribution in [1.29, 1.82) is 0 Å². The van der Waals surface area contributed by atoms with Crippen LogP contribution in [0.1, 0.15) is 25.1 Å². The van der Waals surface area contributed by atoms with E-state index in [-0.39, 0.29) is 5.54 Å². The van der Waals surface area contributed by atoms with Crippen molar-refractivity contribution in [3.63, 3.8) is 0 Å². The zero-order valence-electron chi connectivity index (χ0n) is 10.5. The van der Waals surface area contributed by atoms with E-state index in [1.165, 1.54) is 22.2 Å². The molecular formula is C14H20N2. The third kappa shape index (κ3) is 2.12. The number of fused-ring (bicyclic) bond motifs is 1. The lowest BCUT2D eigenvalue weighted by Crippen LogP contribution is -2.34. The van der Waals surface area contributed by atoms with Gasteiger partial charge in [0, 0.05) is 29.2 Å². The Labute approximate surface area is 97.1 Å². The molecule has 0 bridgehead atoms. The molecule has 0 atom stereocenters. The maximum absolute atomic E-state index is 6.04. The molecule has 0 unspecified atom stereocenters. The third-order valence-electron chi connectivity index (χ3n) is 3.01. The van der Waals surface area contributed by atoms with E-state index in [9.17, 15) is 0 Å². The molecule has 0 saturated carbocycles. The van der Waals surface area contributed by atoms with Gasteiger partial charge >= 0.3 is 0 Å². The number of hydrogen-bond donors (Lipinski definition) is 1. The predicted molar refractivity (Wildman–Crippen MR) is 69.6 cm³/mol. The van der Waals surface area contributed by atoms with Crippen LogP contribution < -0.4 is 5.73 Å². The third-order valence-corrected chi connectivity index (χ3v) is 3.01. The second kappa shape index (κ2) is 3.63. The van der Waals surface area contributed by atoms with Gasteiger partial charge in [-0.25, -0.2) is 0 Å². The van der Waals surface area contributed by atoms with Gasteiger partial charge < -0.3 is 10.3 Å². The maximum Gasteiger partial charge on any atom is 0.0479 e. The van der Waals surface area contributed by atoms with Gasteiger partial charge in [-0.1, -0.05) is 6.07 Å². The molecule has 0 saturated heterocycles. The number of aromatic nitrogens is 1. The molecule has 0 spiro atoms. The van der Waals surface area contributed by atoms with Crippen molar-refractivity contribution < 1.29 is 0 Å². The van der Waals surface area contributed by atoms with Crippen molar-refractivity contribution in [3.8, 4) is 0 Å². The number of nitrogens with two attached hydrogens (primary N) is 1. The molecule has 0 amide bonds. The van der Waals surface area contributed by atoms with Crippen molar-refractivity contribution in [2.75, 3.05) is 0 Å². The first-order chi connectivity index (χ1) is 7.37. The van der Waals surface area contributed by atoms with Crippen LogP contribution in [0.5, 0.6) is 0 Å². The van der Waals surface area contributed by atoms with Crippen molar-refractivity contribution in [3.05, 3.63) is 35.5 Å². The van der Waals surface area contributed by atoms with Crippen LogP contribution in [-0.2, 0) is 13.5 Å². The van der Waals surface area contributed by atoms with Crippen LogP contribution in [0.2, 0.25) is 0 Å². The average molecular weight is 216 g/mol. The molecular weight excluding hydrogens is 196 g/mol. The van der Waals surface area contributed by atoms with E-state index in [0.29, 0.717) is 0 Å². The molecule has 1 aromatic heterocycles. The molecule has 0 aliphatic carbocycles. The lowest BCUT2D eigenvalue weighted by atomic mass is 9.95. The summed E-state index contributed by atoms with van der Waals surface area (Å²) in [5, 5.41) is 1.31. The zero-order valence-corrected chi connectivity index (χ0v) is 10.5. The molecule has 2 rings (SSSR count). The number of hydrogen-bond acceptors (Lipinski definition) is 1. The second-order valence-corrected chi connectivity index (χ2v) is 5.40.